The summed E-state index contributed by atoms with van der Waals surface area (Å²) in [4.78, 5) is 16.8. The summed E-state index contributed by atoms with van der Waals surface area (Å²) in [7, 11) is 2.16. The summed E-state index contributed by atoms with van der Waals surface area (Å²) in [6, 6.07) is 1.13. The number of carboxylic acids is 1. The molecule has 0 amide bonds. The molecule has 1 aliphatic heterocycles. The molecule has 21 heavy (non-hydrogen) atoms. The molecule has 5 heteroatoms. The Balaban J connectivity index is 2.13. The van der Waals surface area contributed by atoms with E-state index in [1.54, 1.807) is 0 Å². The fourth-order valence-electron chi connectivity index (χ4n) is 3.68. The minimum absolute atomic E-state index is 0.184. The summed E-state index contributed by atoms with van der Waals surface area (Å²) >= 11 is 0. The minimum Gasteiger partial charge on any atom is -0.480 e. The molecular weight excluding hydrogens is 266 g/mol. The second-order valence-electron chi connectivity index (χ2n) is 7.41. The summed E-state index contributed by atoms with van der Waals surface area (Å²) in [5, 5.41) is 13.3. The van der Waals surface area contributed by atoms with Crippen LogP contribution in [0.2, 0.25) is 0 Å². The molecule has 0 bridgehead atoms. The zero-order valence-corrected chi connectivity index (χ0v) is 14.1. The van der Waals surface area contributed by atoms with E-state index in [0.717, 1.165) is 25.9 Å². The maximum atomic E-state index is 12.0. The van der Waals surface area contributed by atoms with Gasteiger partial charge in [0, 0.05) is 37.8 Å². The van der Waals surface area contributed by atoms with Crippen LogP contribution in [0.15, 0.2) is 0 Å². The van der Waals surface area contributed by atoms with Crippen molar-refractivity contribution in [3.05, 3.63) is 0 Å². The maximum Gasteiger partial charge on any atom is 0.325 e. The summed E-state index contributed by atoms with van der Waals surface area (Å²) in [6.45, 7) is 11.0. The van der Waals surface area contributed by atoms with E-state index in [0.29, 0.717) is 18.6 Å². The van der Waals surface area contributed by atoms with E-state index in [4.69, 9.17) is 0 Å². The topological polar surface area (TPSA) is 55.8 Å². The van der Waals surface area contributed by atoms with E-state index in [9.17, 15) is 9.90 Å². The Kier molecular flexibility index (Phi) is 4.96. The smallest absolute Gasteiger partial charge is 0.325 e. The number of hydrogen-bond acceptors (Lipinski definition) is 4. The predicted molar refractivity (Wildman–Crippen MR) is 84.5 cm³/mol. The average Bonchev–Trinajstić information content (AvgIpc) is 3.18. The van der Waals surface area contributed by atoms with E-state index in [1.165, 1.54) is 0 Å². The normalized spacial score (nSPS) is 31.3. The summed E-state index contributed by atoms with van der Waals surface area (Å²) < 4.78 is 0. The number of hydrogen-bond donors (Lipinski definition) is 2. The van der Waals surface area contributed by atoms with Gasteiger partial charge in [0.1, 0.15) is 5.54 Å². The molecule has 1 heterocycles. The molecule has 3 atom stereocenters. The average molecular weight is 297 g/mol. The Hall–Kier alpha value is -0.650. The number of carbonyl (C=O) groups is 1. The van der Waals surface area contributed by atoms with E-state index < -0.39 is 11.5 Å². The van der Waals surface area contributed by atoms with Gasteiger partial charge >= 0.3 is 5.97 Å². The van der Waals surface area contributed by atoms with E-state index >= 15 is 0 Å². The van der Waals surface area contributed by atoms with Crippen molar-refractivity contribution in [2.45, 2.75) is 64.2 Å². The van der Waals surface area contributed by atoms with Crippen LogP contribution in [0.3, 0.4) is 0 Å². The van der Waals surface area contributed by atoms with Crippen molar-refractivity contribution in [2.75, 3.05) is 26.7 Å². The lowest BCUT2D eigenvalue weighted by Crippen LogP contribution is -2.65. The number of aliphatic carboxylic acids is 1. The highest BCUT2D eigenvalue weighted by molar-refractivity contribution is 5.80. The summed E-state index contributed by atoms with van der Waals surface area (Å²) in [6.07, 6.45) is 2.07. The molecule has 0 spiro atoms. The third kappa shape index (κ3) is 3.58. The lowest BCUT2D eigenvalue weighted by molar-refractivity contribution is -0.148. The van der Waals surface area contributed by atoms with Gasteiger partial charge in [-0.25, -0.2) is 0 Å². The molecular formula is C16H31N3O2. The van der Waals surface area contributed by atoms with Crippen molar-refractivity contribution in [2.24, 2.45) is 5.92 Å². The van der Waals surface area contributed by atoms with Crippen molar-refractivity contribution in [3.63, 3.8) is 0 Å². The molecule has 2 rings (SSSR count). The standard InChI is InChI=1S/C16H31N3O2/c1-11(2)17-16(15(20)21,14-6-7-14)10-19-8-12(3)18(5)13(4)9-19/h11-14,17H,6-10H2,1-5H3,(H,20,21). The van der Waals surface area contributed by atoms with Gasteiger partial charge in [-0.2, -0.15) is 0 Å². The van der Waals surface area contributed by atoms with E-state index in [-0.39, 0.29) is 12.0 Å². The molecule has 0 aromatic heterocycles. The first kappa shape index (κ1) is 16.7. The second-order valence-corrected chi connectivity index (χ2v) is 7.41. The lowest BCUT2D eigenvalue weighted by atomic mass is 9.90. The Morgan fingerprint density at radius 2 is 1.81 bits per heavy atom. The zero-order valence-electron chi connectivity index (χ0n) is 14.1. The van der Waals surface area contributed by atoms with Gasteiger partial charge in [0.2, 0.25) is 0 Å². The van der Waals surface area contributed by atoms with Crippen LogP contribution >= 0.6 is 0 Å². The van der Waals surface area contributed by atoms with Crippen molar-refractivity contribution >= 4 is 5.97 Å². The van der Waals surface area contributed by atoms with Crippen LogP contribution in [-0.2, 0) is 4.79 Å². The van der Waals surface area contributed by atoms with Gasteiger partial charge in [-0.1, -0.05) is 0 Å². The predicted octanol–water partition coefficient (Wildman–Crippen LogP) is 1.24. The van der Waals surface area contributed by atoms with Gasteiger partial charge in [0.05, 0.1) is 0 Å². The van der Waals surface area contributed by atoms with Gasteiger partial charge in [-0.05, 0) is 53.5 Å². The molecule has 0 radical (unpaired) electrons. The van der Waals surface area contributed by atoms with Gasteiger partial charge in [0.25, 0.3) is 0 Å². The van der Waals surface area contributed by atoms with Gasteiger partial charge < -0.3 is 5.11 Å². The number of likely N-dealkylation sites (N-methyl/N-ethyl adjacent to an activating group) is 1. The van der Waals surface area contributed by atoms with Crippen molar-refractivity contribution < 1.29 is 9.90 Å². The molecule has 2 aliphatic rings. The summed E-state index contributed by atoms with van der Waals surface area (Å²) in [5.41, 5.74) is -0.774. The maximum absolute atomic E-state index is 12.0. The fourth-order valence-corrected chi connectivity index (χ4v) is 3.68. The molecule has 1 saturated heterocycles. The van der Waals surface area contributed by atoms with E-state index in [2.05, 4.69) is 36.0 Å². The molecule has 122 valence electrons. The number of carboxylic acid groups (broad SMARTS) is 1. The van der Waals surface area contributed by atoms with Crippen LogP contribution in [0.5, 0.6) is 0 Å². The fraction of sp³-hybridized carbons (Fsp3) is 0.938. The quantitative estimate of drug-likeness (QED) is 0.772. The molecule has 1 aliphatic carbocycles. The van der Waals surface area contributed by atoms with Crippen molar-refractivity contribution in [3.8, 4) is 0 Å². The van der Waals surface area contributed by atoms with Gasteiger partial charge in [-0.3, -0.25) is 19.9 Å². The van der Waals surface area contributed by atoms with E-state index in [1.807, 2.05) is 13.8 Å². The molecule has 3 unspecified atom stereocenters. The van der Waals surface area contributed by atoms with Gasteiger partial charge in [-0.15, -0.1) is 0 Å². The Morgan fingerprint density at radius 1 is 1.29 bits per heavy atom. The summed E-state index contributed by atoms with van der Waals surface area (Å²) in [5.74, 6) is -0.402. The number of nitrogens with zero attached hydrogens (tertiary/aromatic N) is 2. The van der Waals surface area contributed by atoms with Crippen molar-refractivity contribution in [1.29, 1.82) is 0 Å². The highest BCUT2D eigenvalue weighted by atomic mass is 16.4. The first-order chi connectivity index (χ1) is 9.76. The molecule has 1 saturated carbocycles. The van der Waals surface area contributed by atoms with Crippen molar-refractivity contribution in [1.82, 2.24) is 15.1 Å². The SMILES string of the molecule is CC(C)NC(CN1CC(C)N(C)C(C)C1)(C(=O)O)C1CC1. The number of piperazine rings is 1. The largest absolute Gasteiger partial charge is 0.480 e. The second kappa shape index (κ2) is 6.23. The van der Waals surface area contributed by atoms with Crippen LogP contribution in [0.25, 0.3) is 0 Å². The highest BCUT2D eigenvalue weighted by Gasteiger charge is 2.52. The van der Waals surface area contributed by atoms with Crippen LogP contribution < -0.4 is 5.32 Å². The van der Waals surface area contributed by atoms with Gasteiger partial charge in [0.15, 0.2) is 0 Å². The molecule has 5 nitrogen and oxygen atoms in total. The molecule has 0 aromatic carbocycles. The molecule has 2 N–H and O–H groups in total. The number of rotatable bonds is 6. The highest BCUT2D eigenvalue weighted by Crippen LogP contribution is 2.41. The molecule has 2 fully saturated rings. The first-order valence-corrected chi connectivity index (χ1v) is 8.21. The molecule has 0 aromatic rings. The first-order valence-electron chi connectivity index (χ1n) is 8.21. The zero-order chi connectivity index (χ0) is 15.8. The Labute approximate surface area is 128 Å². The van der Waals surface area contributed by atoms with Crippen LogP contribution in [0, 0.1) is 5.92 Å². The van der Waals surface area contributed by atoms with Crippen LogP contribution in [-0.4, -0.2) is 71.2 Å². The lowest BCUT2D eigenvalue weighted by Gasteiger charge is -2.46. The van der Waals surface area contributed by atoms with Crippen LogP contribution in [0.1, 0.15) is 40.5 Å². The number of nitrogens with one attached hydrogen (secondary N) is 1. The van der Waals surface area contributed by atoms with Crippen LogP contribution in [0.4, 0.5) is 0 Å². The third-order valence-corrected chi connectivity index (χ3v) is 5.11. The third-order valence-electron chi connectivity index (χ3n) is 5.11. The Bertz CT molecular complexity index is 372. The Morgan fingerprint density at radius 3 is 2.19 bits per heavy atom. The minimum atomic E-state index is -0.774. The monoisotopic (exact) mass is 297 g/mol.